The highest BCUT2D eigenvalue weighted by atomic mass is 16.5. The van der Waals surface area contributed by atoms with E-state index in [1.54, 1.807) is 25.1 Å². The van der Waals surface area contributed by atoms with Crippen LogP contribution < -0.4 is 5.32 Å². The van der Waals surface area contributed by atoms with Gasteiger partial charge in [0.25, 0.3) is 17.5 Å². The molecular weight excluding hydrogens is 404 g/mol. The van der Waals surface area contributed by atoms with Crippen LogP contribution in [0.4, 0.5) is 5.69 Å². The smallest absolute Gasteiger partial charge is 0.259 e. The molecule has 1 saturated heterocycles. The molecule has 2 unspecified atom stereocenters. The lowest BCUT2D eigenvalue weighted by atomic mass is 9.91. The minimum atomic E-state index is -0.314. The number of fused-ring (bicyclic) bond motifs is 1. The number of carbonyl (C=O) groups excluding carboxylic acids is 2. The standard InChI is InChI=1S/C25H30N4O3/c1-14(2)21-11-19(22-17(5)28-32-24(22)27-21)23(30)26-20-9-7-6-8-18(20)25(31)29-12-15(3)10-16(4)13-29/h6-9,11,14-16H,10,12-13H2,1-5H3,(H,26,30). The molecule has 1 aliphatic rings. The Labute approximate surface area is 188 Å². The van der Waals surface area contributed by atoms with Crippen LogP contribution in [0.2, 0.25) is 0 Å². The van der Waals surface area contributed by atoms with Crippen LogP contribution in [0.25, 0.3) is 11.1 Å². The van der Waals surface area contributed by atoms with Gasteiger partial charge in [0.15, 0.2) is 0 Å². The van der Waals surface area contributed by atoms with E-state index in [-0.39, 0.29) is 17.7 Å². The van der Waals surface area contributed by atoms with Gasteiger partial charge in [-0.3, -0.25) is 9.59 Å². The quantitative estimate of drug-likeness (QED) is 0.622. The van der Waals surface area contributed by atoms with E-state index in [4.69, 9.17) is 4.52 Å². The van der Waals surface area contributed by atoms with Gasteiger partial charge in [-0.05, 0) is 49.3 Å². The first-order chi connectivity index (χ1) is 15.2. The van der Waals surface area contributed by atoms with Crippen LogP contribution in [0, 0.1) is 18.8 Å². The van der Waals surface area contributed by atoms with E-state index in [2.05, 4.69) is 29.3 Å². The third-order valence-corrected chi connectivity index (χ3v) is 6.03. The van der Waals surface area contributed by atoms with Gasteiger partial charge in [-0.1, -0.05) is 45.0 Å². The van der Waals surface area contributed by atoms with Crippen molar-refractivity contribution in [2.45, 2.75) is 47.0 Å². The van der Waals surface area contributed by atoms with Crippen LogP contribution >= 0.6 is 0 Å². The minimum absolute atomic E-state index is 0.0526. The van der Waals surface area contributed by atoms with Gasteiger partial charge >= 0.3 is 0 Å². The molecule has 1 fully saturated rings. The zero-order valence-corrected chi connectivity index (χ0v) is 19.3. The summed E-state index contributed by atoms with van der Waals surface area (Å²) in [5, 5.41) is 7.54. The molecule has 32 heavy (non-hydrogen) atoms. The highest BCUT2D eigenvalue weighted by molar-refractivity contribution is 6.14. The number of anilines is 1. The number of rotatable bonds is 4. The summed E-state index contributed by atoms with van der Waals surface area (Å²) in [6.07, 6.45) is 1.12. The third kappa shape index (κ3) is 4.24. The Hall–Kier alpha value is -3.22. The molecule has 3 aromatic rings. The number of likely N-dealkylation sites (tertiary alicyclic amines) is 1. The van der Waals surface area contributed by atoms with Crippen molar-refractivity contribution in [1.29, 1.82) is 0 Å². The molecule has 0 aliphatic carbocycles. The van der Waals surface area contributed by atoms with Crippen LogP contribution in [0.1, 0.15) is 72.1 Å². The summed E-state index contributed by atoms with van der Waals surface area (Å²) in [7, 11) is 0. The van der Waals surface area contributed by atoms with E-state index in [1.165, 1.54) is 0 Å². The van der Waals surface area contributed by atoms with Crippen LogP contribution in [-0.2, 0) is 0 Å². The first-order valence-corrected chi connectivity index (χ1v) is 11.2. The highest BCUT2D eigenvalue weighted by Gasteiger charge is 2.28. The molecule has 0 radical (unpaired) electrons. The number of para-hydroxylation sites is 1. The second-order valence-corrected chi connectivity index (χ2v) is 9.35. The van der Waals surface area contributed by atoms with E-state index in [9.17, 15) is 9.59 Å². The monoisotopic (exact) mass is 434 g/mol. The van der Waals surface area contributed by atoms with Gasteiger partial charge in [0, 0.05) is 18.8 Å². The molecule has 0 bridgehead atoms. The molecule has 2 amide bonds. The summed E-state index contributed by atoms with van der Waals surface area (Å²) in [4.78, 5) is 33.1. The number of piperidine rings is 1. The fourth-order valence-electron chi connectivity index (χ4n) is 4.56. The Balaban J connectivity index is 1.67. The summed E-state index contributed by atoms with van der Waals surface area (Å²) < 4.78 is 5.34. The Morgan fingerprint density at radius 1 is 1.12 bits per heavy atom. The first kappa shape index (κ1) is 22.0. The Morgan fingerprint density at radius 3 is 2.50 bits per heavy atom. The maximum Gasteiger partial charge on any atom is 0.259 e. The summed E-state index contributed by atoms with van der Waals surface area (Å²) in [5.41, 5.74) is 3.14. The van der Waals surface area contributed by atoms with Gasteiger partial charge in [-0.15, -0.1) is 0 Å². The molecule has 7 heteroatoms. The first-order valence-electron chi connectivity index (χ1n) is 11.2. The van der Waals surface area contributed by atoms with Gasteiger partial charge in [0.2, 0.25) is 0 Å². The molecule has 1 aliphatic heterocycles. The maximum atomic E-state index is 13.4. The van der Waals surface area contributed by atoms with E-state index in [0.29, 0.717) is 45.4 Å². The van der Waals surface area contributed by atoms with Crippen molar-refractivity contribution in [2.75, 3.05) is 18.4 Å². The zero-order chi connectivity index (χ0) is 23.0. The van der Waals surface area contributed by atoms with E-state index in [0.717, 1.165) is 25.2 Å². The molecule has 7 nitrogen and oxygen atoms in total. The average molecular weight is 435 g/mol. The van der Waals surface area contributed by atoms with Gasteiger partial charge < -0.3 is 14.7 Å². The number of aromatic nitrogens is 2. The molecule has 2 aromatic heterocycles. The second kappa shape index (κ2) is 8.73. The van der Waals surface area contributed by atoms with Crippen molar-refractivity contribution in [2.24, 2.45) is 11.8 Å². The lowest BCUT2D eigenvalue weighted by Crippen LogP contribution is -2.42. The van der Waals surface area contributed by atoms with Crippen molar-refractivity contribution in [1.82, 2.24) is 15.0 Å². The molecule has 4 rings (SSSR count). The van der Waals surface area contributed by atoms with Crippen LogP contribution in [0.15, 0.2) is 34.9 Å². The number of nitrogens with one attached hydrogen (secondary N) is 1. The number of carbonyl (C=O) groups is 2. The van der Waals surface area contributed by atoms with Gasteiger partial charge in [-0.25, -0.2) is 4.98 Å². The third-order valence-electron chi connectivity index (χ3n) is 6.03. The Bertz CT molecular complexity index is 1160. The fraction of sp³-hybridized carbons (Fsp3) is 0.440. The summed E-state index contributed by atoms with van der Waals surface area (Å²) in [5.74, 6) is 0.670. The summed E-state index contributed by atoms with van der Waals surface area (Å²) in [6.45, 7) is 11.6. The number of hydrogen-bond donors (Lipinski definition) is 1. The molecule has 1 N–H and O–H groups in total. The van der Waals surface area contributed by atoms with Gasteiger partial charge in [0.1, 0.15) is 0 Å². The zero-order valence-electron chi connectivity index (χ0n) is 19.3. The van der Waals surface area contributed by atoms with Crippen molar-refractivity contribution in [3.63, 3.8) is 0 Å². The largest absolute Gasteiger partial charge is 0.338 e. The molecule has 3 heterocycles. The summed E-state index contributed by atoms with van der Waals surface area (Å²) in [6, 6.07) is 8.97. The van der Waals surface area contributed by atoms with E-state index < -0.39 is 0 Å². The lowest BCUT2D eigenvalue weighted by Gasteiger charge is -2.35. The number of aryl methyl sites for hydroxylation is 1. The van der Waals surface area contributed by atoms with Crippen LogP contribution in [-0.4, -0.2) is 39.9 Å². The molecule has 0 spiro atoms. The second-order valence-electron chi connectivity index (χ2n) is 9.35. The average Bonchev–Trinajstić information content (AvgIpc) is 3.13. The Kier molecular flexibility index (Phi) is 6.00. The predicted molar refractivity (Wildman–Crippen MR) is 124 cm³/mol. The number of hydrogen-bond acceptors (Lipinski definition) is 5. The molecule has 0 saturated carbocycles. The van der Waals surface area contributed by atoms with Crippen molar-refractivity contribution in [3.05, 3.63) is 52.8 Å². The van der Waals surface area contributed by atoms with Crippen LogP contribution in [0.3, 0.4) is 0 Å². The number of amides is 2. The topological polar surface area (TPSA) is 88.3 Å². The minimum Gasteiger partial charge on any atom is -0.338 e. The summed E-state index contributed by atoms with van der Waals surface area (Å²) >= 11 is 0. The fourth-order valence-corrected chi connectivity index (χ4v) is 4.56. The van der Waals surface area contributed by atoms with Crippen molar-refractivity contribution >= 4 is 28.6 Å². The van der Waals surface area contributed by atoms with Crippen molar-refractivity contribution in [3.8, 4) is 0 Å². The SMILES string of the molecule is Cc1noc2nc(C(C)C)cc(C(=O)Nc3ccccc3C(=O)N3CC(C)CC(C)C3)c12. The maximum absolute atomic E-state index is 13.4. The van der Waals surface area contributed by atoms with Gasteiger partial charge in [-0.2, -0.15) is 0 Å². The van der Waals surface area contributed by atoms with Crippen molar-refractivity contribution < 1.29 is 14.1 Å². The number of nitrogens with zero attached hydrogens (tertiary/aromatic N) is 3. The van der Waals surface area contributed by atoms with E-state index in [1.807, 2.05) is 30.9 Å². The van der Waals surface area contributed by atoms with Crippen LogP contribution in [0.5, 0.6) is 0 Å². The number of pyridine rings is 1. The molecule has 2 atom stereocenters. The molecular formula is C25H30N4O3. The van der Waals surface area contributed by atoms with Gasteiger partial charge in [0.05, 0.1) is 27.9 Å². The highest BCUT2D eigenvalue weighted by Crippen LogP contribution is 2.28. The predicted octanol–water partition coefficient (Wildman–Crippen LogP) is 5.03. The lowest BCUT2D eigenvalue weighted by molar-refractivity contribution is 0.0624. The molecule has 1 aromatic carbocycles. The Morgan fingerprint density at radius 2 is 1.81 bits per heavy atom. The van der Waals surface area contributed by atoms with E-state index >= 15 is 0 Å². The molecule has 168 valence electrons. The normalized spacial score (nSPS) is 18.9. The number of benzene rings is 1.